The largest absolute Gasteiger partial charge is 0.505 e. The number of halogens is 2. The second-order valence-electron chi connectivity index (χ2n) is 2.85. The van der Waals surface area contributed by atoms with Gasteiger partial charge in [-0.05, 0) is 24.1 Å². The number of hydrogen-bond donors (Lipinski definition) is 2. The third-order valence-electron chi connectivity index (χ3n) is 1.90. The zero-order valence-corrected chi connectivity index (χ0v) is 7.22. The van der Waals surface area contributed by atoms with E-state index in [9.17, 15) is 8.78 Å². The summed E-state index contributed by atoms with van der Waals surface area (Å²) in [6.45, 7) is 1.82. The lowest BCUT2D eigenvalue weighted by Crippen LogP contribution is -2.09. The van der Waals surface area contributed by atoms with Crippen LogP contribution in [0.3, 0.4) is 0 Å². The van der Waals surface area contributed by atoms with Crippen molar-refractivity contribution in [1.82, 2.24) is 0 Å². The Hall–Kier alpha value is -1.16. The Labute approximate surface area is 75.0 Å². The van der Waals surface area contributed by atoms with E-state index in [4.69, 9.17) is 10.8 Å². The van der Waals surface area contributed by atoms with Gasteiger partial charge in [0.1, 0.15) is 0 Å². The molecule has 0 aliphatic rings. The standard InChI is InChI=1S/C9H11F2NO/c1-2-7(12)5-3-6(10)9(11)8(13)4-5/h3-4,7,13H,2,12H2,1H3/t7-/m1/s1. The van der Waals surface area contributed by atoms with E-state index in [0.717, 1.165) is 12.1 Å². The highest BCUT2D eigenvalue weighted by Gasteiger charge is 2.12. The van der Waals surface area contributed by atoms with Crippen molar-refractivity contribution in [2.75, 3.05) is 0 Å². The van der Waals surface area contributed by atoms with Crippen LogP contribution in [0.5, 0.6) is 5.75 Å². The summed E-state index contributed by atoms with van der Waals surface area (Å²) in [5.41, 5.74) is 5.98. The number of hydrogen-bond acceptors (Lipinski definition) is 2. The predicted molar refractivity (Wildman–Crippen MR) is 45.2 cm³/mol. The van der Waals surface area contributed by atoms with E-state index in [-0.39, 0.29) is 6.04 Å². The highest BCUT2D eigenvalue weighted by atomic mass is 19.2. The SMILES string of the molecule is CC[C@@H](N)c1cc(O)c(F)c(F)c1. The summed E-state index contributed by atoms with van der Waals surface area (Å²) in [5.74, 6) is -3.00. The van der Waals surface area contributed by atoms with E-state index >= 15 is 0 Å². The summed E-state index contributed by atoms with van der Waals surface area (Å²) in [4.78, 5) is 0. The maximum Gasteiger partial charge on any atom is 0.200 e. The molecule has 0 spiro atoms. The molecule has 0 saturated carbocycles. The summed E-state index contributed by atoms with van der Waals surface area (Å²) in [5, 5.41) is 8.95. The third kappa shape index (κ3) is 1.95. The van der Waals surface area contributed by atoms with Crippen molar-refractivity contribution in [3.63, 3.8) is 0 Å². The molecule has 2 nitrogen and oxygen atoms in total. The highest BCUT2D eigenvalue weighted by Crippen LogP contribution is 2.24. The molecular formula is C9H11F2NO. The van der Waals surface area contributed by atoms with E-state index in [1.165, 1.54) is 0 Å². The molecule has 0 saturated heterocycles. The number of phenols is 1. The molecule has 0 unspecified atom stereocenters. The molecule has 0 aliphatic heterocycles. The minimum absolute atomic E-state index is 0.374. The highest BCUT2D eigenvalue weighted by molar-refractivity contribution is 5.31. The molecule has 0 radical (unpaired) electrons. The lowest BCUT2D eigenvalue weighted by atomic mass is 10.1. The average Bonchev–Trinajstić information content (AvgIpc) is 2.12. The molecule has 0 fully saturated rings. The molecule has 4 heteroatoms. The average molecular weight is 187 g/mol. The first-order chi connectivity index (χ1) is 6.06. The van der Waals surface area contributed by atoms with Crippen molar-refractivity contribution in [3.8, 4) is 5.75 Å². The van der Waals surface area contributed by atoms with Gasteiger partial charge in [-0.25, -0.2) is 4.39 Å². The molecule has 72 valence electrons. The zero-order valence-electron chi connectivity index (χ0n) is 7.22. The summed E-state index contributed by atoms with van der Waals surface area (Å²) in [6.07, 6.45) is 0.602. The van der Waals surface area contributed by atoms with E-state index in [2.05, 4.69) is 0 Å². The quantitative estimate of drug-likeness (QED) is 0.744. The maximum absolute atomic E-state index is 12.7. The Morgan fingerprint density at radius 2 is 2.08 bits per heavy atom. The zero-order chi connectivity index (χ0) is 10.0. The van der Waals surface area contributed by atoms with Crippen LogP contribution in [0.1, 0.15) is 24.9 Å². The minimum Gasteiger partial charge on any atom is -0.505 e. The number of nitrogens with two attached hydrogens (primary N) is 1. The van der Waals surface area contributed by atoms with Crippen LogP contribution in [0, 0.1) is 11.6 Å². The first-order valence-corrected chi connectivity index (χ1v) is 3.99. The van der Waals surface area contributed by atoms with Gasteiger partial charge in [-0.1, -0.05) is 6.92 Å². The lowest BCUT2D eigenvalue weighted by Gasteiger charge is -2.09. The van der Waals surface area contributed by atoms with E-state index < -0.39 is 17.4 Å². The van der Waals surface area contributed by atoms with Crippen LogP contribution in [0.15, 0.2) is 12.1 Å². The normalized spacial score (nSPS) is 12.9. The number of aromatic hydroxyl groups is 1. The van der Waals surface area contributed by atoms with E-state index in [1.807, 2.05) is 6.92 Å². The van der Waals surface area contributed by atoms with E-state index in [0.29, 0.717) is 12.0 Å². The summed E-state index contributed by atoms with van der Waals surface area (Å²) >= 11 is 0. The first-order valence-electron chi connectivity index (χ1n) is 3.99. The van der Waals surface area contributed by atoms with Gasteiger partial charge in [0.2, 0.25) is 0 Å². The van der Waals surface area contributed by atoms with Gasteiger partial charge in [-0.15, -0.1) is 0 Å². The fourth-order valence-corrected chi connectivity index (χ4v) is 1.04. The lowest BCUT2D eigenvalue weighted by molar-refractivity contribution is 0.404. The van der Waals surface area contributed by atoms with Gasteiger partial charge in [0.25, 0.3) is 0 Å². The van der Waals surface area contributed by atoms with Gasteiger partial charge >= 0.3 is 0 Å². The van der Waals surface area contributed by atoms with Crippen LogP contribution in [-0.2, 0) is 0 Å². The van der Waals surface area contributed by atoms with Crippen molar-refractivity contribution in [1.29, 1.82) is 0 Å². The molecule has 1 rings (SSSR count). The molecule has 1 aromatic carbocycles. The van der Waals surface area contributed by atoms with Gasteiger partial charge in [0.15, 0.2) is 17.4 Å². The second kappa shape index (κ2) is 3.70. The van der Waals surface area contributed by atoms with Crippen molar-refractivity contribution in [2.24, 2.45) is 5.73 Å². The van der Waals surface area contributed by atoms with Crippen LogP contribution in [-0.4, -0.2) is 5.11 Å². The van der Waals surface area contributed by atoms with E-state index in [1.54, 1.807) is 0 Å². The first kappa shape index (κ1) is 9.92. The number of phenolic OH excluding ortho intramolecular Hbond substituents is 1. The van der Waals surface area contributed by atoms with Crippen molar-refractivity contribution >= 4 is 0 Å². The van der Waals surface area contributed by atoms with Crippen LogP contribution in [0.25, 0.3) is 0 Å². The number of rotatable bonds is 2. The van der Waals surface area contributed by atoms with Crippen LogP contribution in [0.4, 0.5) is 8.78 Å². The Kier molecular flexibility index (Phi) is 2.83. The van der Waals surface area contributed by atoms with Crippen LogP contribution in [0.2, 0.25) is 0 Å². The molecule has 1 atom stereocenters. The monoisotopic (exact) mass is 187 g/mol. The Bertz CT molecular complexity index is 291. The van der Waals surface area contributed by atoms with Crippen molar-refractivity contribution in [2.45, 2.75) is 19.4 Å². The van der Waals surface area contributed by atoms with Crippen molar-refractivity contribution < 1.29 is 13.9 Å². The Balaban J connectivity index is 3.13. The smallest absolute Gasteiger partial charge is 0.200 e. The molecule has 0 amide bonds. The van der Waals surface area contributed by atoms with Crippen molar-refractivity contribution in [3.05, 3.63) is 29.3 Å². The molecule has 0 aliphatic carbocycles. The maximum atomic E-state index is 12.7. The summed E-state index contributed by atoms with van der Waals surface area (Å²) in [6, 6.07) is 1.77. The van der Waals surface area contributed by atoms with Gasteiger partial charge in [0.05, 0.1) is 0 Å². The number of benzene rings is 1. The van der Waals surface area contributed by atoms with Gasteiger partial charge in [-0.2, -0.15) is 4.39 Å². The molecule has 0 aromatic heterocycles. The van der Waals surface area contributed by atoms with Gasteiger partial charge in [-0.3, -0.25) is 0 Å². The molecule has 1 aromatic rings. The molecule has 13 heavy (non-hydrogen) atoms. The van der Waals surface area contributed by atoms with Crippen LogP contribution >= 0.6 is 0 Å². The molecule has 0 heterocycles. The molecule has 0 bridgehead atoms. The van der Waals surface area contributed by atoms with Gasteiger partial charge in [0, 0.05) is 6.04 Å². The minimum atomic E-state index is -1.23. The fourth-order valence-electron chi connectivity index (χ4n) is 1.04. The summed E-state index contributed by atoms with van der Waals surface area (Å²) < 4.78 is 25.4. The summed E-state index contributed by atoms with van der Waals surface area (Å²) in [7, 11) is 0. The molecule has 3 N–H and O–H groups in total. The van der Waals surface area contributed by atoms with Gasteiger partial charge < -0.3 is 10.8 Å². The Morgan fingerprint density at radius 1 is 1.46 bits per heavy atom. The fraction of sp³-hybridized carbons (Fsp3) is 0.333. The third-order valence-corrected chi connectivity index (χ3v) is 1.90. The van der Waals surface area contributed by atoms with Crippen LogP contribution < -0.4 is 5.73 Å². The topological polar surface area (TPSA) is 46.2 Å². The molecular weight excluding hydrogens is 176 g/mol. The predicted octanol–water partition coefficient (Wildman–Crippen LogP) is 2.08. The Morgan fingerprint density at radius 3 is 2.54 bits per heavy atom. The second-order valence-corrected chi connectivity index (χ2v) is 2.85.